The van der Waals surface area contributed by atoms with Crippen molar-refractivity contribution >= 4 is 6.09 Å². The topological polar surface area (TPSA) is 67.6 Å². The van der Waals surface area contributed by atoms with E-state index in [1.165, 1.54) is 0 Å². The predicted molar refractivity (Wildman–Crippen MR) is 37.2 cm³/mol. The van der Waals surface area contributed by atoms with E-state index >= 15 is 0 Å². The average molecular weight is 147 g/mol. The summed E-state index contributed by atoms with van der Waals surface area (Å²) in [6.07, 6.45) is -0.596. The Morgan fingerprint density at radius 1 is 1.70 bits per heavy atom. The fraction of sp³-hybridized carbons (Fsp3) is 0.800. The van der Waals surface area contributed by atoms with Crippen LogP contribution in [-0.4, -0.2) is 38.2 Å². The van der Waals surface area contributed by atoms with Gasteiger partial charge in [-0.15, -0.1) is 0 Å². The van der Waals surface area contributed by atoms with Crippen molar-refractivity contribution in [3.63, 3.8) is 0 Å². The van der Waals surface area contributed by atoms with Crippen LogP contribution in [0.3, 0.4) is 0 Å². The number of rotatable bonds is 3. The lowest BCUT2D eigenvalue weighted by atomic mass is 10.6. The smallest absolute Gasteiger partial charge is 0.421 e. The third-order valence-corrected chi connectivity index (χ3v) is 0.890. The maximum absolute atomic E-state index is 10.3. The average Bonchev–Trinajstić information content (AvgIpc) is 1.87. The number of carbonyl (C=O) groups is 1. The Kier molecular flexibility index (Phi) is 4.61. The first kappa shape index (κ1) is 9.19. The van der Waals surface area contributed by atoms with Crippen LogP contribution in [0.1, 0.15) is 0 Å². The number of hydrogen-bond acceptors (Lipinski definition) is 4. The summed E-state index contributed by atoms with van der Waals surface area (Å²) in [7, 11) is 3.79. The number of nitrogens with two attached hydrogens (primary N) is 1. The summed E-state index contributed by atoms with van der Waals surface area (Å²) in [6, 6.07) is 0. The minimum atomic E-state index is -0.596. The van der Waals surface area contributed by atoms with Crippen LogP contribution in [0.4, 0.5) is 4.79 Å². The molecule has 0 aliphatic rings. The van der Waals surface area contributed by atoms with Gasteiger partial charge in [0.1, 0.15) is 6.61 Å². The Bertz CT molecular complexity index is 105. The molecule has 5 nitrogen and oxygen atoms in total. The number of nitrogens with zero attached hydrogens (tertiary/aromatic N) is 1. The quantitative estimate of drug-likeness (QED) is 0.310. The zero-order valence-corrected chi connectivity index (χ0v) is 6.26. The van der Waals surface area contributed by atoms with Gasteiger partial charge in [-0.25, -0.2) is 10.6 Å². The van der Waals surface area contributed by atoms with Crippen molar-refractivity contribution < 1.29 is 9.53 Å². The first-order valence-corrected chi connectivity index (χ1v) is 2.95. The zero-order valence-electron chi connectivity index (χ0n) is 6.26. The fourth-order valence-corrected chi connectivity index (χ4v) is 0.363. The number of ether oxygens (including phenoxy) is 1. The zero-order chi connectivity index (χ0) is 7.98. The number of amides is 1. The monoisotopic (exact) mass is 147 g/mol. The van der Waals surface area contributed by atoms with E-state index in [9.17, 15) is 4.79 Å². The molecule has 0 radical (unpaired) electrons. The van der Waals surface area contributed by atoms with Crippen LogP contribution in [0.2, 0.25) is 0 Å². The van der Waals surface area contributed by atoms with E-state index in [-0.39, 0.29) is 0 Å². The van der Waals surface area contributed by atoms with Gasteiger partial charge < -0.3 is 9.64 Å². The van der Waals surface area contributed by atoms with Gasteiger partial charge in [0.15, 0.2) is 0 Å². The second-order valence-corrected chi connectivity index (χ2v) is 2.08. The summed E-state index contributed by atoms with van der Waals surface area (Å²) in [5.74, 6) is 4.75. The molecule has 0 spiro atoms. The maximum atomic E-state index is 10.3. The van der Waals surface area contributed by atoms with Gasteiger partial charge in [-0.3, -0.25) is 5.43 Å². The summed E-state index contributed by atoms with van der Waals surface area (Å²) >= 11 is 0. The fourth-order valence-electron chi connectivity index (χ4n) is 0.363. The van der Waals surface area contributed by atoms with Gasteiger partial charge in [-0.2, -0.15) is 0 Å². The van der Waals surface area contributed by atoms with Crippen molar-refractivity contribution in [2.75, 3.05) is 27.2 Å². The van der Waals surface area contributed by atoms with Crippen molar-refractivity contribution in [3.05, 3.63) is 0 Å². The van der Waals surface area contributed by atoms with Gasteiger partial charge in [-0.1, -0.05) is 0 Å². The van der Waals surface area contributed by atoms with Crippen LogP contribution in [0, 0.1) is 0 Å². The Balaban J connectivity index is 3.12. The number of hydrazine groups is 1. The number of carbonyl (C=O) groups excluding carboxylic acids is 1. The molecule has 0 saturated heterocycles. The lowest BCUT2D eigenvalue weighted by Gasteiger charge is -2.08. The summed E-state index contributed by atoms with van der Waals surface area (Å²) in [5.41, 5.74) is 1.86. The van der Waals surface area contributed by atoms with Crippen LogP contribution < -0.4 is 11.3 Å². The van der Waals surface area contributed by atoms with Crippen LogP contribution >= 0.6 is 0 Å². The molecule has 0 aliphatic heterocycles. The first-order valence-electron chi connectivity index (χ1n) is 2.95. The van der Waals surface area contributed by atoms with Gasteiger partial charge in [0.25, 0.3) is 0 Å². The first-order chi connectivity index (χ1) is 4.66. The second kappa shape index (κ2) is 5.01. The number of nitrogens with one attached hydrogen (secondary N) is 1. The molecule has 0 fully saturated rings. The summed E-state index contributed by atoms with van der Waals surface area (Å²) in [6.45, 7) is 1.06. The van der Waals surface area contributed by atoms with Crippen LogP contribution in [0.5, 0.6) is 0 Å². The van der Waals surface area contributed by atoms with Crippen LogP contribution in [0.15, 0.2) is 0 Å². The van der Waals surface area contributed by atoms with Gasteiger partial charge in [-0.05, 0) is 14.1 Å². The molecule has 0 aromatic heterocycles. The molecular weight excluding hydrogens is 134 g/mol. The Morgan fingerprint density at radius 3 is 2.70 bits per heavy atom. The van der Waals surface area contributed by atoms with Gasteiger partial charge in [0, 0.05) is 6.54 Å². The van der Waals surface area contributed by atoms with Crippen molar-refractivity contribution in [2.45, 2.75) is 0 Å². The molecule has 0 aromatic rings. The van der Waals surface area contributed by atoms with Crippen molar-refractivity contribution in [1.29, 1.82) is 0 Å². The van der Waals surface area contributed by atoms with Gasteiger partial charge in [0.2, 0.25) is 0 Å². The highest BCUT2D eigenvalue weighted by molar-refractivity contribution is 5.66. The summed E-state index contributed by atoms with van der Waals surface area (Å²) in [5, 5.41) is 0. The maximum Gasteiger partial charge on any atom is 0.421 e. The summed E-state index contributed by atoms with van der Waals surface area (Å²) in [4.78, 5) is 12.2. The molecule has 3 N–H and O–H groups in total. The molecule has 10 heavy (non-hydrogen) atoms. The van der Waals surface area contributed by atoms with Crippen molar-refractivity contribution in [3.8, 4) is 0 Å². The lowest BCUT2D eigenvalue weighted by molar-refractivity contribution is 0.137. The van der Waals surface area contributed by atoms with E-state index in [0.29, 0.717) is 13.2 Å². The molecular formula is C5H13N3O2. The molecule has 60 valence electrons. The highest BCUT2D eigenvalue weighted by Crippen LogP contribution is 1.77. The van der Waals surface area contributed by atoms with Crippen molar-refractivity contribution in [2.24, 2.45) is 5.84 Å². The molecule has 5 heteroatoms. The molecule has 0 heterocycles. The number of hydrogen-bond donors (Lipinski definition) is 2. The Labute approximate surface area is 60.1 Å². The van der Waals surface area contributed by atoms with E-state index in [4.69, 9.17) is 5.84 Å². The van der Waals surface area contributed by atoms with Gasteiger partial charge in [0.05, 0.1) is 0 Å². The second-order valence-electron chi connectivity index (χ2n) is 2.08. The van der Waals surface area contributed by atoms with E-state index in [1.54, 1.807) is 0 Å². The molecule has 0 saturated carbocycles. The largest absolute Gasteiger partial charge is 0.447 e. The standard InChI is InChI=1S/C5H13N3O2/c1-8(2)3-4-10-5(9)7-6/h3-4,6H2,1-2H3,(H,7,9). The van der Waals surface area contributed by atoms with Crippen LogP contribution in [0.25, 0.3) is 0 Å². The molecule has 0 unspecified atom stereocenters. The third-order valence-electron chi connectivity index (χ3n) is 0.890. The number of likely N-dealkylation sites (N-methyl/N-ethyl adjacent to an activating group) is 1. The van der Waals surface area contributed by atoms with Gasteiger partial charge >= 0.3 is 6.09 Å². The molecule has 0 atom stereocenters. The van der Waals surface area contributed by atoms with Crippen LogP contribution in [-0.2, 0) is 4.74 Å². The minimum Gasteiger partial charge on any atom is -0.447 e. The Hall–Kier alpha value is -0.810. The lowest BCUT2D eigenvalue weighted by Crippen LogP contribution is -2.32. The van der Waals surface area contributed by atoms with E-state index in [0.717, 1.165) is 0 Å². The molecule has 0 rings (SSSR count). The van der Waals surface area contributed by atoms with E-state index in [1.807, 2.05) is 24.4 Å². The minimum absolute atomic E-state index is 0.357. The highest BCUT2D eigenvalue weighted by Gasteiger charge is 1.96. The summed E-state index contributed by atoms with van der Waals surface area (Å²) < 4.78 is 4.59. The Morgan fingerprint density at radius 2 is 2.30 bits per heavy atom. The van der Waals surface area contributed by atoms with Crippen molar-refractivity contribution in [1.82, 2.24) is 10.3 Å². The highest BCUT2D eigenvalue weighted by atomic mass is 16.6. The molecule has 0 aliphatic carbocycles. The third kappa shape index (κ3) is 5.33. The normalized spacial score (nSPS) is 9.60. The molecule has 1 amide bonds. The molecule has 0 bridgehead atoms. The van der Waals surface area contributed by atoms with E-state index in [2.05, 4.69) is 4.74 Å². The SMILES string of the molecule is CN(C)CCOC(=O)NN. The van der Waals surface area contributed by atoms with E-state index < -0.39 is 6.09 Å². The predicted octanol–water partition coefficient (Wildman–Crippen LogP) is -0.852. The molecule has 0 aromatic carbocycles.